The lowest BCUT2D eigenvalue weighted by Gasteiger charge is -2.57. The van der Waals surface area contributed by atoms with Gasteiger partial charge < -0.3 is 20.1 Å². The van der Waals surface area contributed by atoms with Gasteiger partial charge in [0.25, 0.3) is 0 Å². The number of nitrogens with one attached hydrogen (secondary N) is 1. The van der Waals surface area contributed by atoms with Gasteiger partial charge in [-0.1, -0.05) is 36.4 Å². The minimum atomic E-state index is -0.0772. The van der Waals surface area contributed by atoms with Crippen molar-refractivity contribution < 1.29 is 14.6 Å². The van der Waals surface area contributed by atoms with E-state index in [1.54, 1.807) is 7.11 Å². The second-order valence-corrected chi connectivity index (χ2v) is 8.56. The van der Waals surface area contributed by atoms with Gasteiger partial charge in [0.15, 0.2) is 0 Å². The van der Waals surface area contributed by atoms with Crippen molar-refractivity contribution >= 4 is 17.8 Å². The summed E-state index contributed by atoms with van der Waals surface area (Å²) in [7, 11) is 1.63. The highest BCUT2D eigenvalue weighted by Gasteiger charge is 2.49. The van der Waals surface area contributed by atoms with E-state index < -0.39 is 0 Å². The number of anilines is 1. The maximum atomic E-state index is 13.1. The van der Waals surface area contributed by atoms with Crippen LogP contribution in [0.5, 0.6) is 5.75 Å². The lowest BCUT2D eigenvalue weighted by atomic mass is 9.74. The zero-order valence-electron chi connectivity index (χ0n) is 18.9. The van der Waals surface area contributed by atoms with Crippen LogP contribution >= 0.6 is 0 Å². The summed E-state index contributed by atoms with van der Waals surface area (Å²) in [5.41, 5.74) is 3.16. The largest absolute Gasteiger partial charge is 0.497 e. The Morgan fingerprint density at radius 1 is 1.12 bits per heavy atom. The van der Waals surface area contributed by atoms with Crippen LogP contribution in [0.1, 0.15) is 36.8 Å². The molecule has 2 aromatic rings. The molecule has 2 amide bonds. The Labute approximate surface area is 190 Å². The van der Waals surface area contributed by atoms with E-state index in [1.165, 1.54) is 11.1 Å². The van der Waals surface area contributed by atoms with Crippen molar-refractivity contribution in [2.45, 2.75) is 37.8 Å². The third-order valence-electron chi connectivity index (χ3n) is 6.68. The lowest BCUT2D eigenvalue weighted by molar-refractivity contribution is -0.0585. The van der Waals surface area contributed by atoms with Crippen LogP contribution in [0.15, 0.2) is 54.6 Å². The number of carbonyl (C=O) groups excluding carboxylic acids is 1. The molecular formula is C26H33N3O3. The van der Waals surface area contributed by atoms with Crippen LogP contribution in [0, 0.1) is 0 Å². The van der Waals surface area contributed by atoms with Gasteiger partial charge in [-0.2, -0.15) is 0 Å². The molecule has 6 heteroatoms. The number of benzene rings is 2. The maximum absolute atomic E-state index is 13.1. The maximum Gasteiger partial charge on any atom is 0.321 e. The zero-order valence-corrected chi connectivity index (χ0v) is 18.9. The fourth-order valence-corrected chi connectivity index (χ4v) is 5.02. The summed E-state index contributed by atoms with van der Waals surface area (Å²) in [6.07, 6.45) is 6.10. The molecule has 2 aliphatic rings. The standard InChI is InChI=1S/C26H33N3O3/c1-3-6-19-7-9-20(10-8-19)25-23-17-28(15-4-5-16-29(23)24(25)18-30)26(31)27-21-11-13-22(32-2)14-12-21/h3,6-14,23-25,30H,4-5,15-18H2,1-2H3,(H,27,31)/b6-3+/t23-,24+,25+/m0/s1. The van der Waals surface area contributed by atoms with E-state index in [9.17, 15) is 9.90 Å². The Balaban J connectivity index is 1.50. The molecular weight excluding hydrogens is 402 g/mol. The summed E-state index contributed by atoms with van der Waals surface area (Å²) in [6, 6.07) is 16.2. The number of aliphatic hydroxyl groups is 1. The molecule has 6 nitrogen and oxygen atoms in total. The van der Waals surface area contributed by atoms with E-state index in [1.807, 2.05) is 42.2 Å². The number of nitrogens with zero attached hydrogens (tertiary/aromatic N) is 2. The van der Waals surface area contributed by atoms with Crippen molar-refractivity contribution in [3.8, 4) is 5.75 Å². The van der Waals surface area contributed by atoms with E-state index in [-0.39, 0.29) is 30.6 Å². The first kappa shape index (κ1) is 22.4. The number of hydrogen-bond donors (Lipinski definition) is 2. The zero-order chi connectivity index (χ0) is 22.5. The molecule has 32 heavy (non-hydrogen) atoms. The van der Waals surface area contributed by atoms with Crippen molar-refractivity contribution in [3.63, 3.8) is 0 Å². The van der Waals surface area contributed by atoms with Gasteiger partial charge in [-0.15, -0.1) is 0 Å². The van der Waals surface area contributed by atoms with Crippen molar-refractivity contribution in [2.24, 2.45) is 0 Å². The van der Waals surface area contributed by atoms with Gasteiger partial charge in [-0.25, -0.2) is 4.79 Å². The highest BCUT2D eigenvalue weighted by atomic mass is 16.5. The Hall–Kier alpha value is -2.83. The number of amides is 2. The van der Waals surface area contributed by atoms with Crippen LogP contribution in [0.4, 0.5) is 10.5 Å². The van der Waals surface area contributed by atoms with Gasteiger partial charge >= 0.3 is 6.03 Å². The quantitative estimate of drug-likeness (QED) is 0.739. The second-order valence-electron chi connectivity index (χ2n) is 8.56. The third kappa shape index (κ3) is 4.66. The summed E-state index contributed by atoms with van der Waals surface area (Å²) in [4.78, 5) is 17.4. The van der Waals surface area contributed by atoms with Crippen LogP contribution in [-0.2, 0) is 0 Å². The SMILES string of the molecule is C/C=C/c1ccc([C@H]2[C@@H](CO)N3CCCCN(C(=O)Nc4ccc(OC)cc4)C[C@@H]23)cc1. The number of aliphatic hydroxyl groups excluding tert-OH is 1. The Kier molecular flexibility index (Phi) is 7.12. The normalized spacial score (nSPS) is 23.7. The van der Waals surface area contributed by atoms with Crippen molar-refractivity contribution in [1.29, 1.82) is 0 Å². The molecule has 0 saturated carbocycles. The average molecular weight is 436 g/mol. The van der Waals surface area contributed by atoms with Gasteiger partial charge in [0, 0.05) is 36.8 Å². The highest BCUT2D eigenvalue weighted by molar-refractivity contribution is 5.89. The van der Waals surface area contributed by atoms with Crippen LogP contribution in [-0.4, -0.2) is 66.4 Å². The van der Waals surface area contributed by atoms with Gasteiger partial charge in [0.05, 0.1) is 13.7 Å². The first-order valence-electron chi connectivity index (χ1n) is 11.4. The lowest BCUT2D eigenvalue weighted by Crippen LogP contribution is -2.68. The summed E-state index contributed by atoms with van der Waals surface area (Å²) >= 11 is 0. The van der Waals surface area contributed by atoms with Crippen molar-refractivity contribution in [1.82, 2.24) is 9.80 Å². The summed E-state index contributed by atoms with van der Waals surface area (Å²) in [5, 5.41) is 13.1. The van der Waals surface area contributed by atoms with Crippen LogP contribution in [0.3, 0.4) is 0 Å². The molecule has 0 spiro atoms. The van der Waals surface area contributed by atoms with E-state index in [4.69, 9.17) is 4.74 Å². The van der Waals surface area contributed by atoms with Gasteiger partial charge in [0.1, 0.15) is 5.75 Å². The molecule has 170 valence electrons. The highest BCUT2D eigenvalue weighted by Crippen LogP contribution is 2.42. The number of urea groups is 1. The molecule has 0 bridgehead atoms. The Morgan fingerprint density at radius 2 is 1.84 bits per heavy atom. The number of carbonyl (C=O) groups is 1. The molecule has 0 aromatic heterocycles. The number of ether oxygens (including phenoxy) is 1. The minimum Gasteiger partial charge on any atom is -0.497 e. The molecule has 3 atom stereocenters. The molecule has 0 unspecified atom stereocenters. The third-order valence-corrected chi connectivity index (χ3v) is 6.68. The molecule has 2 N–H and O–H groups in total. The fourth-order valence-electron chi connectivity index (χ4n) is 5.02. The molecule has 2 aliphatic heterocycles. The summed E-state index contributed by atoms with van der Waals surface area (Å²) in [6.45, 7) is 4.51. The van der Waals surface area contributed by atoms with E-state index >= 15 is 0 Å². The minimum absolute atomic E-state index is 0.0772. The molecule has 0 radical (unpaired) electrons. The Morgan fingerprint density at radius 3 is 2.50 bits per heavy atom. The van der Waals surface area contributed by atoms with Crippen molar-refractivity contribution in [2.75, 3.05) is 38.7 Å². The first-order valence-corrected chi connectivity index (χ1v) is 11.4. The monoisotopic (exact) mass is 435 g/mol. The summed E-state index contributed by atoms with van der Waals surface area (Å²) < 4.78 is 5.20. The number of fused-ring (bicyclic) bond motifs is 1. The topological polar surface area (TPSA) is 65.0 Å². The average Bonchev–Trinajstić information content (AvgIpc) is 2.79. The number of allylic oxidation sites excluding steroid dienone is 1. The van der Waals surface area contributed by atoms with Crippen molar-refractivity contribution in [3.05, 3.63) is 65.7 Å². The number of methoxy groups -OCH3 is 1. The molecule has 2 heterocycles. The molecule has 2 saturated heterocycles. The van der Waals surface area contributed by atoms with E-state index in [2.05, 4.69) is 40.6 Å². The van der Waals surface area contributed by atoms with Gasteiger partial charge in [-0.05, 0) is 61.7 Å². The predicted octanol–water partition coefficient (Wildman–Crippen LogP) is 4.18. The molecule has 4 rings (SSSR count). The summed E-state index contributed by atoms with van der Waals surface area (Å²) in [5.74, 6) is 0.978. The van der Waals surface area contributed by atoms with E-state index in [0.717, 1.165) is 37.4 Å². The molecule has 0 aliphatic carbocycles. The molecule has 2 fully saturated rings. The Bertz CT molecular complexity index is 926. The second kappa shape index (κ2) is 10.2. The van der Waals surface area contributed by atoms with E-state index in [0.29, 0.717) is 6.54 Å². The number of hydrogen-bond acceptors (Lipinski definition) is 4. The fraction of sp³-hybridized carbons (Fsp3) is 0.423. The van der Waals surface area contributed by atoms with Gasteiger partial charge in [-0.3, -0.25) is 4.90 Å². The smallest absolute Gasteiger partial charge is 0.321 e. The number of rotatable bonds is 5. The van der Waals surface area contributed by atoms with Crippen LogP contribution in [0.2, 0.25) is 0 Å². The first-order chi connectivity index (χ1) is 15.6. The van der Waals surface area contributed by atoms with Crippen LogP contribution < -0.4 is 10.1 Å². The molecule has 2 aromatic carbocycles. The predicted molar refractivity (Wildman–Crippen MR) is 128 cm³/mol. The van der Waals surface area contributed by atoms with Crippen LogP contribution in [0.25, 0.3) is 6.08 Å². The van der Waals surface area contributed by atoms with Gasteiger partial charge in [0.2, 0.25) is 0 Å².